The van der Waals surface area contributed by atoms with E-state index in [2.05, 4.69) is 35.1 Å². The van der Waals surface area contributed by atoms with Crippen LogP contribution in [0.25, 0.3) is 0 Å². The summed E-state index contributed by atoms with van der Waals surface area (Å²) in [6.45, 7) is 5.06. The standard InChI is InChI=1S/C12H18BrNO2.ClH/c1-8(2)14-7-9-5-10(13)12(16-4)11(6-9)15-3;/h5-6,8,14H,7H2,1-4H3;1H/p-1. The van der Waals surface area contributed by atoms with Gasteiger partial charge in [-0.25, -0.2) is 0 Å². The predicted molar refractivity (Wildman–Crippen MR) is 69.2 cm³/mol. The van der Waals surface area contributed by atoms with Crippen molar-refractivity contribution in [1.82, 2.24) is 5.32 Å². The maximum Gasteiger partial charge on any atom is 0.174 e. The van der Waals surface area contributed by atoms with Gasteiger partial charge in [0.05, 0.1) is 18.7 Å². The van der Waals surface area contributed by atoms with Crippen molar-refractivity contribution in [2.45, 2.75) is 26.4 Å². The molecular formula is C12H18BrClNO2-. The average Bonchev–Trinajstić information content (AvgIpc) is 2.25. The molecule has 1 rings (SSSR count). The van der Waals surface area contributed by atoms with Gasteiger partial charge in [0.25, 0.3) is 0 Å². The molecule has 0 heterocycles. The van der Waals surface area contributed by atoms with Crippen LogP contribution in [-0.4, -0.2) is 20.3 Å². The molecule has 0 radical (unpaired) electrons. The van der Waals surface area contributed by atoms with Crippen LogP contribution in [0.1, 0.15) is 19.4 Å². The van der Waals surface area contributed by atoms with E-state index in [9.17, 15) is 0 Å². The van der Waals surface area contributed by atoms with Gasteiger partial charge in [-0.2, -0.15) is 0 Å². The molecule has 5 heteroatoms. The van der Waals surface area contributed by atoms with E-state index in [0.29, 0.717) is 6.04 Å². The lowest BCUT2D eigenvalue weighted by molar-refractivity contribution is -0.00000401. The van der Waals surface area contributed by atoms with E-state index in [4.69, 9.17) is 9.47 Å². The molecule has 0 aliphatic carbocycles. The van der Waals surface area contributed by atoms with Crippen LogP contribution in [0.2, 0.25) is 0 Å². The highest BCUT2D eigenvalue weighted by Crippen LogP contribution is 2.36. The lowest BCUT2D eigenvalue weighted by atomic mass is 10.2. The Bertz CT molecular complexity index is 359. The summed E-state index contributed by atoms with van der Waals surface area (Å²) >= 11 is 3.47. The van der Waals surface area contributed by atoms with Crippen molar-refractivity contribution in [2.24, 2.45) is 0 Å². The quantitative estimate of drug-likeness (QED) is 0.825. The maximum atomic E-state index is 5.28. The molecule has 0 unspecified atom stereocenters. The molecule has 0 amide bonds. The minimum absolute atomic E-state index is 0. The highest BCUT2D eigenvalue weighted by molar-refractivity contribution is 9.10. The van der Waals surface area contributed by atoms with Gasteiger partial charge in [-0.1, -0.05) is 13.8 Å². The average molecular weight is 324 g/mol. The maximum absolute atomic E-state index is 5.28. The summed E-state index contributed by atoms with van der Waals surface area (Å²) in [5, 5.41) is 3.36. The number of benzene rings is 1. The van der Waals surface area contributed by atoms with Gasteiger partial charge in [0.15, 0.2) is 11.5 Å². The number of hydrogen-bond donors (Lipinski definition) is 1. The van der Waals surface area contributed by atoms with E-state index in [1.54, 1.807) is 14.2 Å². The summed E-state index contributed by atoms with van der Waals surface area (Å²) in [4.78, 5) is 0. The van der Waals surface area contributed by atoms with E-state index in [0.717, 1.165) is 22.5 Å². The van der Waals surface area contributed by atoms with Crippen molar-refractivity contribution >= 4 is 15.9 Å². The molecule has 1 aromatic rings. The highest BCUT2D eigenvalue weighted by Gasteiger charge is 2.10. The van der Waals surface area contributed by atoms with Gasteiger partial charge in [0.2, 0.25) is 0 Å². The zero-order chi connectivity index (χ0) is 12.1. The van der Waals surface area contributed by atoms with Gasteiger partial charge in [0.1, 0.15) is 0 Å². The van der Waals surface area contributed by atoms with Crippen molar-refractivity contribution < 1.29 is 21.9 Å². The van der Waals surface area contributed by atoms with E-state index in [1.165, 1.54) is 5.56 Å². The molecule has 0 saturated carbocycles. The zero-order valence-electron chi connectivity index (χ0n) is 10.5. The Morgan fingerprint density at radius 3 is 2.35 bits per heavy atom. The minimum atomic E-state index is 0. The van der Waals surface area contributed by atoms with Crippen molar-refractivity contribution in [3.8, 4) is 11.5 Å². The number of hydrogen-bond acceptors (Lipinski definition) is 3. The first-order valence-electron chi connectivity index (χ1n) is 5.22. The van der Waals surface area contributed by atoms with Crippen LogP contribution in [0.5, 0.6) is 11.5 Å². The molecule has 1 N–H and O–H groups in total. The summed E-state index contributed by atoms with van der Waals surface area (Å²) < 4.78 is 11.4. The first-order valence-corrected chi connectivity index (χ1v) is 6.01. The van der Waals surface area contributed by atoms with Crippen molar-refractivity contribution in [1.29, 1.82) is 0 Å². The Labute approximate surface area is 117 Å². The second kappa shape index (κ2) is 7.80. The van der Waals surface area contributed by atoms with Gasteiger partial charge in [-0.15, -0.1) is 0 Å². The summed E-state index contributed by atoms with van der Waals surface area (Å²) in [5.41, 5.74) is 1.17. The van der Waals surface area contributed by atoms with Gasteiger partial charge in [0, 0.05) is 12.6 Å². The molecule has 17 heavy (non-hydrogen) atoms. The smallest absolute Gasteiger partial charge is 0.174 e. The van der Waals surface area contributed by atoms with Crippen molar-refractivity contribution in [3.05, 3.63) is 22.2 Å². The number of halogens is 2. The van der Waals surface area contributed by atoms with Crippen LogP contribution >= 0.6 is 15.9 Å². The van der Waals surface area contributed by atoms with E-state index >= 15 is 0 Å². The normalized spacial score (nSPS) is 10.0. The molecule has 0 atom stereocenters. The van der Waals surface area contributed by atoms with Crippen LogP contribution < -0.4 is 27.2 Å². The van der Waals surface area contributed by atoms with E-state index in [1.807, 2.05) is 12.1 Å². The lowest BCUT2D eigenvalue weighted by Gasteiger charge is -2.13. The number of ether oxygens (including phenoxy) is 2. The van der Waals surface area contributed by atoms with Crippen LogP contribution in [0, 0.1) is 0 Å². The summed E-state index contributed by atoms with van der Waals surface area (Å²) in [6, 6.07) is 4.49. The Morgan fingerprint density at radius 2 is 1.88 bits per heavy atom. The monoisotopic (exact) mass is 322 g/mol. The fourth-order valence-corrected chi connectivity index (χ4v) is 2.05. The summed E-state index contributed by atoms with van der Waals surface area (Å²) in [6.07, 6.45) is 0. The van der Waals surface area contributed by atoms with Crippen LogP contribution in [-0.2, 0) is 6.54 Å². The Morgan fingerprint density at radius 1 is 1.24 bits per heavy atom. The molecule has 0 fully saturated rings. The minimum Gasteiger partial charge on any atom is -1.00 e. The summed E-state index contributed by atoms with van der Waals surface area (Å²) in [5.74, 6) is 1.48. The molecule has 0 bridgehead atoms. The molecule has 0 saturated heterocycles. The van der Waals surface area contributed by atoms with Crippen LogP contribution in [0.3, 0.4) is 0 Å². The Kier molecular flexibility index (Phi) is 7.59. The zero-order valence-corrected chi connectivity index (χ0v) is 12.9. The molecule has 98 valence electrons. The Hall–Kier alpha value is -0.450. The number of rotatable bonds is 5. The summed E-state index contributed by atoms with van der Waals surface area (Å²) in [7, 11) is 3.28. The molecule has 0 aromatic heterocycles. The molecule has 3 nitrogen and oxygen atoms in total. The topological polar surface area (TPSA) is 30.5 Å². The van der Waals surface area contributed by atoms with Gasteiger partial charge < -0.3 is 27.2 Å². The highest BCUT2D eigenvalue weighted by atomic mass is 79.9. The molecular weight excluding hydrogens is 305 g/mol. The fraction of sp³-hybridized carbons (Fsp3) is 0.500. The molecule has 0 spiro atoms. The van der Waals surface area contributed by atoms with Gasteiger partial charge >= 0.3 is 0 Å². The van der Waals surface area contributed by atoms with E-state index < -0.39 is 0 Å². The third-order valence-electron chi connectivity index (χ3n) is 2.21. The van der Waals surface area contributed by atoms with Crippen LogP contribution in [0.4, 0.5) is 0 Å². The first kappa shape index (κ1) is 16.6. The number of methoxy groups -OCH3 is 2. The fourth-order valence-electron chi connectivity index (χ4n) is 1.40. The van der Waals surface area contributed by atoms with Crippen molar-refractivity contribution in [3.63, 3.8) is 0 Å². The molecule has 0 aliphatic heterocycles. The van der Waals surface area contributed by atoms with Gasteiger partial charge in [-0.3, -0.25) is 0 Å². The second-order valence-electron chi connectivity index (χ2n) is 3.85. The SMILES string of the molecule is COc1cc(CNC(C)C)cc(Br)c1OC.[Cl-]. The third-order valence-corrected chi connectivity index (χ3v) is 2.80. The van der Waals surface area contributed by atoms with E-state index in [-0.39, 0.29) is 12.4 Å². The first-order chi connectivity index (χ1) is 7.58. The number of nitrogens with one attached hydrogen (secondary N) is 1. The second-order valence-corrected chi connectivity index (χ2v) is 4.70. The molecule has 0 aliphatic rings. The molecule has 1 aromatic carbocycles. The largest absolute Gasteiger partial charge is 1.00 e. The van der Waals surface area contributed by atoms with Crippen molar-refractivity contribution in [2.75, 3.05) is 14.2 Å². The van der Waals surface area contributed by atoms with Crippen LogP contribution in [0.15, 0.2) is 16.6 Å². The Balaban J connectivity index is 0.00000256. The third kappa shape index (κ3) is 4.74. The van der Waals surface area contributed by atoms with Gasteiger partial charge in [-0.05, 0) is 33.6 Å². The predicted octanol–water partition coefficient (Wildman–Crippen LogP) is -0.0317. The lowest BCUT2D eigenvalue weighted by Crippen LogP contribution is -3.00.